The monoisotopic (exact) mass is 491 g/mol. The van der Waals surface area contributed by atoms with Gasteiger partial charge in [0.25, 0.3) is 5.91 Å². The van der Waals surface area contributed by atoms with Crippen LogP contribution in [0.3, 0.4) is 0 Å². The number of aromatic amines is 1. The van der Waals surface area contributed by atoms with Gasteiger partial charge in [0.1, 0.15) is 0 Å². The van der Waals surface area contributed by atoms with Crippen LogP contribution in [0.5, 0.6) is 5.75 Å². The quantitative estimate of drug-likeness (QED) is 0.319. The first-order valence-electron chi connectivity index (χ1n) is 11.5. The number of benzene rings is 1. The molecule has 0 unspecified atom stereocenters. The van der Waals surface area contributed by atoms with Crippen LogP contribution in [0.1, 0.15) is 41.7 Å². The molecule has 0 saturated carbocycles. The summed E-state index contributed by atoms with van der Waals surface area (Å²) in [5.74, 6) is 0.353. The predicted molar refractivity (Wildman–Crippen MR) is 137 cm³/mol. The van der Waals surface area contributed by atoms with Gasteiger partial charge in [-0.1, -0.05) is 17.7 Å². The van der Waals surface area contributed by atoms with Gasteiger partial charge < -0.3 is 25.1 Å². The number of fused-ring (bicyclic) bond motifs is 2. The first kappa shape index (κ1) is 23.1. The smallest absolute Gasteiger partial charge is 0.255 e. The Kier molecular flexibility index (Phi) is 6.32. The zero-order chi connectivity index (χ0) is 24.5. The van der Waals surface area contributed by atoms with E-state index in [1.54, 1.807) is 19.4 Å². The Morgan fingerprint density at radius 3 is 2.89 bits per heavy atom. The molecule has 0 spiro atoms. The highest BCUT2D eigenvalue weighted by atomic mass is 35.5. The average Bonchev–Trinajstić information content (AvgIpc) is 3.23. The second-order valence-corrected chi connectivity index (χ2v) is 8.65. The number of hydrogen-bond acceptors (Lipinski definition) is 6. The maximum Gasteiger partial charge on any atom is 0.255 e. The van der Waals surface area contributed by atoms with Crippen LogP contribution in [0.2, 0.25) is 5.02 Å². The largest absolute Gasteiger partial charge is 0.493 e. The number of nitrogens with zero attached hydrogens (tertiary/aromatic N) is 2. The number of carbonyl (C=O) groups is 1. The van der Waals surface area contributed by atoms with Crippen molar-refractivity contribution in [2.24, 2.45) is 0 Å². The van der Waals surface area contributed by atoms with Crippen LogP contribution < -0.4 is 15.4 Å². The van der Waals surface area contributed by atoms with E-state index in [2.05, 4.69) is 20.6 Å². The fourth-order valence-corrected chi connectivity index (χ4v) is 4.71. The van der Waals surface area contributed by atoms with E-state index in [1.165, 1.54) is 0 Å². The third-order valence-corrected chi connectivity index (χ3v) is 6.40. The van der Waals surface area contributed by atoms with Gasteiger partial charge in [-0.15, -0.1) is 0 Å². The van der Waals surface area contributed by atoms with E-state index in [9.17, 15) is 4.79 Å². The molecule has 3 aromatic heterocycles. The first-order chi connectivity index (χ1) is 17.0. The predicted octanol–water partition coefficient (Wildman–Crippen LogP) is 5.41. The third-order valence-electron chi connectivity index (χ3n) is 6.10. The molecule has 0 fully saturated rings. The molecule has 8 nitrogen and oxygen atoms in total. The number of amides is 1. The van der Waals surface area contributed by atoms with Crippen molar-refractivity contribution in [2.75, 3.05) is 25.6 Å². The molecule has 4 aromatic rings. The minimum atomic E-state index is -0.159. The van der Waals surface area contributed by atoms with Gasteiger partial charge in [-0.05, 0) is 44.2 Å². The van der Waals surface area contributed by atoms with Gasteiger partial charge in [-0.2, -0.15) is 0 Å². The number of halogens is 1. The Morgan fingerprint density at radius 2 is 2.09 bits per heavy atom. The summed E-state index contributed by atoms with van der Waals surface area (Å²) in [5, 5.41) is 6.83. The SMILES string of the molecule is CCO[C@H](C)c1ccc2nccc(-c3[nH]c4c(c3Nc3cccc(Cl)c3OC)C(=O)NCC4)c2n1. The molecule has 0 aliphatic carbocycles. The summed E-state index contributed by atoms with van der Waals surface area (Å²) in [7, 11) is 1.56. The van der Waals surface area contributed by atoms with Crippen molar-refractivity contribution in [2.45, 2.75) is 26.4 Å². The minimum absolute atomic E-state index is 0.144. The molecule has 4 heterocycles. The number of rotatable bonds is 7. The summed E-state index contributed by atoms with van der Waals surface area (Å²) in [5.41, 5.74) is 6.56. The lowest BCUT2D eigenvalue weighted by molar-refractivity contribution is 0.0736. The van der Waals surface area contributed by atoms with Gasteiger partial charge >= 0.3 is 0 Å². The number of methoxy groups -OCH3 is 1. The molecule has 1 aromatic carbocycles. The highest BCUT2D eigenvalue weighted by Gasteiger charge is 2.28. The fraction of sp³-hybridized carbons (Fsp3) is 0.269. The average molecular weight is 492 g/mol. The summed E-state index contributed by atoms with van der Waals surface area (Å²) < 4.78 is 11.3. The van der Waals surface area contributed by atoms with Crippen molar-refractivity contribution >= 4 is 39.9 Å². The van der Waals surface area contributed by atoms with Crippen LogP contribution in [0.25, 0.3) is 22.3 Å². The minimum Gasteiger partial charge on any atom is -0.493 e. The highest BCUT2D eigenvalue weighted by Crippen LogP contribution is 2.42. The van der Waals surface area contributed by atoms with E-state index in [4.69, 9.17) is 26.1 Å². The van der Waals surface area contributed by atoms with E-state index in [0.717, 1.165) is 33.7 Å². The maximum atomic E-state index is 13.0. The van der Waals surface area contributed by atoms with Gasteiger partial charge in [0, 0.05) is 37.0 Å². The molecule has 0 radical (unpaired) electrons. The van der Waals surface area contributed by atoms with Crippen LogP contribution in [0, 0.1) is 0 Å². The molecule has 0 bridgehead atoms. The van der Waals surface area contributed by atoms with E-state index < -0.39 is 0 Å². The second-order valence-electron chi connectivity index (χ2n) is 8.24. The summed E-state index contributed by atoms with van der Waals surface area (Å²) in [6.07, 6.45) is 2.27. The normalized spacial score (nSPS) is 13.9. The zero-order valence-corrected chi connectivity index (χ0v) is 20.5. The summed E-state index contributed by atoms with van der Waals surface area (Å²) in [4.78, 5) is 25.9. The van der Waals surface area contributed by atoms with Crippen molar-refractivity contribution in [1.82, 2.24) is 20.3 Å². The Morgan fingerprint density at radius 1 is 1.23 bits per heavy atom. The number of hydrogen-bond donors (Lipinski definition) is 3. The molecule has 1 aliphatic heterocycles. The number of para-hydroxylation sites is 1. The van der Waals surface area contributed by atoms with Crippen molar-refractivity contribution in [3.05, 3.63) is 64.6 Å². The van der Waals surface area contributed by atoms with Crippen LogP contribution in [-0.2, 0) is 11.2 Å². The molecule has 35 heavy (non-hydrogen) atoms. The van der Waals surface area contributed by atoms with Crippen molar-refractivity contribution < 1.29 is 14.3 Å². The first-order valence-corrected chi connectivity index (χ1v) is 11.9. The summed E-state index contributed by atoms with van der Waals surface area (Å²) >= 11 is 6.37. The topological polar surface area (TPSA) is 101 Å². The number of ether oxygens (including phenoxy) is 2. The maximum absolute atomic E-state index is 13.0. The van der Waals surface area contributed by atoms with E-state index in [0.29, 0.717) is 47.3 Å². The van der Waals surface area contributed by atoms with Crippen LogP contribution in [-0.4, -0.2) is 41.1 Å². The molecule has 1 atom stereocenters. The molecular formula is C26H26ClN5O3. The Bertz CT molecular complexity index is 1420. The molecule has 180 valence electrons. The number of carbonyl (C=O) groups excluding carboxylic acids is 1. The van der Waals surface area contributed by atoms with Gasteiger partial charge in [-0.25, -0.2) is 4.98 Å². The highest BCUT2D eigenvalue weighted by molar-refractivity contribution is 6.32. The number of H-pyrrole nitrogens is 1. The van der Waals surface area contributed by atoms with Crippen molar-refractivity contribution in [3.63, 3.8) is 0 Å². The number of aromatic nitrogens is 3. The molecular weight excluding hydrogens is 466 g/mol. The van der Waals surface area contributed by atoms with E-state index in [-0.39, 0.29) is 12.0 Å². The lowest BCUT2D eigenvalue weighted by Gasteiger charge is -2.17. The molecule has 5 rings (SSSR count). The van der Waals surface area contributed by atoms with Gasteiger partial charge in [0.05, 0.1) is 57.6 Å². The number of pyridine rings is 2. The zero-order valence-electron chi connectivity index (χ0n) is 19.7. The van der Waals surface area contributed by atoms with Gasteiger partial charge in [-0.3, -0.25) is 9.78 Å². The molecule has 0 saturated heterocycles. The van der Waals surface area contributed by atoms with Gasteiger partial charge in [0.15, 0.2) is 5.75 Å². The van der Waals surface area contributed by atoms with Crippen LogP contribution >= 0.6 is 11.6 Å². The third kappa shape index (κ3) is 4.19. The lowest BCUT2D eigenvalue weighted by Crippen LogP contribution is -2.31. The molecule has 1 aliphatic rings. The number of nitrogens with one attached hydrogen (secondary N) is 3. The van der Waals surface area contributed by atoms with Crippen LogP contribution in [0.15, 0.2) is 42.6 Å². The molecule has 3 N–H and O–H groups in total. The van der Waals surface area contributed by atoms with Gasteiger partial charge in [0.2, 0.25) is 0 Å². The Labute approximate surface area is 208 Å². The van der Waals surface area contributed by atoms with E-state index in [1.807, 2.05) is 44.2 Å². The van der Waals surface area contributed by atoms with Crippen molar-refractivity contribution in [3.8, 4) is 17.0 Å². The Balaban J connectivity index is 1.72. The van der Waals surface area contributed by atoms with Crippen LogP contribution in [0.4, 0.5) is 11.4 Å². The van der Waals surface area contributed by atoms with E-state index >= 15 is 0 Å². The summed E-state index contributed by atoms with van der Waals surface area (Å²) in [6, 6.07) is 11.2. The number of anilines is 2. The summed E-state index contributed by atoms with van der Waals surface area (Å²) in [6.45, 7) is 5.09. The molecule has 9 heteroatoms. The molecule has 1 amide bonds. The second kappa shape index (κ2) is 9.56. The Hall–Kier alpha value is -3.62. The fourth-order valence-electron chi connectivity index (χ4n) is 4.46. The van der Waals surface area contributed by atoms with Crippen molar-refractivity contribution in [1.29, 1.82) is 0 Å². The standard InChI is InChI=1S/C26H26ClN5O3/c1-4-35-14(2)17-8-9-19-22(30-17)15(10-12-28-19)23-24(21-18(31-23)11-13-29-26(21)33)32-20-7-5-6-16(27)25(20)34-3/h5-10,12,14,31-32H,4,11,13H2,1-3H3,(H,29,33)/t14-/m1/s1. The lowest BCUT2D eigenvalue weighted by atomic mass is 10.0.